The normalized spacial score (nSPS) is 11.0. The molecule has 0 spiro atoms. The van der Waals surface area contributed by atoms with Crippen molar-refractivity contribution >= 4 is 29.1 Å². The monoisotopic (exact) mass is 419 g/mol. The van der Waals surface area contributed by atoms with Crippen LogP contribution in [-0.2, 0) is 18.9 Å². The van der Waals surface area contributed by atoms with Gasteiger partial charge in [-0.25, -0.2) is 9.78 Å². The van der Waals surface area contributed by atoms with Gasteiger partial charge in [0.2, 0.25) is 0 Å². The number of anilines is 2. The molecule has 1 heterocycles. The van der Waals surface area contributed by atoms with Gasteiger partial charge in [0.25, 0.3) is 0 Å². The van der Waals surface area contributed by atoms with E-state index in [1.165, 1.54) is 18.2 Å². The summed E-state index contributed by atoms with van der Waals surface area (Å²) in [7, 11) is 1.60. The van der Waals surface area contributed by atoms with Gasteiger partial charge in [-0.15, -0.1) is 10.2 Å². The number of rotatable bonds is 12. The minimum atomic E-state index is -0.689. The van der Waals surface area contributed by atoms with Crippen molar-refractivity contribution in [1.29, 1.82) is 0 Å². The van der Waals surface area contributed by atoms with Gasteiger partial charge in [-0.3, -0.25) is 5.32 Å². The van der Waals surface area contributed by atoms with Crippen LogP contribution in [0.4, 0.5) is 27.8 Å². The zero-order valence-electron chi connectivity index (χ0n) is 16.6. The molecule has 162 valence electrons. The molecule has 1 aromatic carbocycles. The van der Waals surface area contributed by atoms with Crippen molar-refractivity contribution in [2.45, 2.75) is 0 Å². The molecule has 0 saturated carbocycles. The van der Waals surface area contributed by atoms with E-state index in [1.807, 2.05) is 0 Å². The number of benzene rings is 1. The van der Waals surface area contributed by atoms with Crippen LogP contribution in [0.15, 0.2) is 46.6 Å². The highest BCUT2D eigenvalue weighted by molar-refractivity contribution is 5.84. The summed E-state index contributed by atoms with van der Waals surface area (Å²) in [6, 6.07) is 9.53. The Balaban J connectivity index is 1.71. The van der Waals surface area contributed by atoms with E-state index in [9.17, 15) is 9.90 Å². The van der Waals surface area contributed by atoms with Gasteiger partial charge in [0, 0.05) is 7.11 Å². The summed E-state index contributed by atoms with van der Waals surface area (Å²) in [6.45, 7) is 2.18. The molecule has 0 radical (unpaired) electrons. The van der Waals surface area contributed by atoms with Crippen molar-refractivity contribution in [3.05, 3.63) is 36.4 Å². The van der Waals surface area contributed by atoms with Gasteiger partial charge in [0.15, 0.2) is 5.82 Å². The molecular weight excluding hydrogens is 394 g/mol. The van der Waals surface area contributed by atoms with E-state index in [2.05, 4.69) is 20.5 Å². The molecule has 2 aromatic rings. The lowest BCUT2D eigenvalue weighted by molar-refractivity contribution is 0.0141. The molecule has 30 heavy (non-hydrogen) atoms. The summed E-state index contributed by atoms with van der Waals surface area (Å²) in [5.41, 5.74) is 6.43. The Kier molecular flexibility index (Phi) is 10.00. The number of hydrogen-bond acceptors (Lipinski definition) is 10. The maximum absolute atomic E-state index is 11.8. The number of amides is 1. The molecule has 0 aliphatic rings. The number of pyridine rings is 1. The maximum Gasteiger partial charge on any atom is 0.412 e. The number of hydrogen-bond donors (Lipinski definition) is 3. The second-order valence-corrected chi connectivity index (χ2v) is 5.77. The summed E-state index contributed by atoms with van der Waals surface area (Å²) in [5, 5.41) is 20.0. The second-order valence-electron chi connectivity index (χ2n) is 5.77. The van der Waals surface area contributed by atoms with E-state index in [4.69, 9.17) is 24.7 Å². The van der Waals surface area contributed by atoms with E-state index in [-0.39, 0.29) is 30.6 Å². The summed E-state index contributed by atoms with van der Waals surface area (Å²) in [4.78, 5) is 15.8. The van der Waals surface area contributed by atoms with E-state index in [0.29, 0.717) is 37.8 Å². The Labute approximate surface area is 173 Å². The Morgan fingerprint density at radius 1 is 1.00 bits per heavy atom. The van der Waals surface area contributed by atoms with E-state index in [1.54, 1.807) is 25.3 Å². The van der Waals surface area contributed by atoms with Crippen LogP contribution in [-0.4, -0.2) is 62.9 Å². The number of para-hydroxylation sites is 1. The van der Waals surface area contributed by atoms with E-state index in [0.717, 1.165) is 0 Å². The number of methoxy groups -OCH3 is 1. The van der Waals surface area contributed by atoms with Gasteiger partial charge in [-0.05, 0) is 24.3 Å². The minimum absolute atomic E-state index is 0.00332. The number of nitrogens with one attached hydrogen (secondary N) is 1. The van der Waals surface area contributed by atoms with Crippen LogP contribution in [0.1, 0.15) is 0 Å². The lowest BCUT2D eigenvalue weighted by Crippen LogP contribution is -2.18. The van der Waals surface area contributed by atoms with Crippen LogP contribution in [0.5, 0.6) is 5.75 Å². The highest BCUT2D eigenvalue weighted by Crippen LogP contribution is 2.29. The summed E-state index contributed by atoms with van der Waals surface area (Å²) in [6.07, 6.45) is -0.689. The Morgan fingerprint density at radius 3 is 2.37 bits per heavy atom. The SMILES string of the molecule is COCCOCCOCCOC(=O)Nc1ccc(N=Nc2ccccc2O)c(N)n1. The summed E-state index contributed by atoms with van der Waals surface area (Å²) < 4.78 is 20.3. The predicted molar refractivity (Wildman–Crippen MR) is 109 cm³/mol. The fourth-order valence-corrected chi connectivity index (χ4v) is 2.08. The predicted octanol–water partition coefficient (Wildman–Crippen LogP) is 3.01. The van der Waals surface area contributed by atoms with Gasteiger partial charge in [-0.1, -0.05) is 12.1 Å². The number of carbonyl (C=O) groups is 1. The lowest BCUT2D eigenvalue weighted by atomic mass is 10.3. The van der Waals surface area contributed by atoms with Gasteiger partial charge < -0.3 is 29.8 Å². The number of nitrogens with two attached hydrogens (primary N) is 1. The maximum atomic E-state index is 11.8. The summed E-state index contributed by atoms with van der Waals surface area (Å²) in [5.74, 6) is 0.256. The fourth-order valence-electron chi connectivity index (χ4n) is 2.08. The molecule has 0 aliphatic heterocycles. The average molecular weight is 419 g/mol. The van der Waals surface area contributed by atoms with Gasteiger partial charge in [0.1, 0.15) is 29.5 Å². The van der Waals surface area contributed by atoms with Crippen LogP contribution >= 0.6 is 0 Å². The van der Waals surface area contributed by atoms with Crippen molar-refractivity contribution in [1.82, 2.24) is 4.98 Å². The number of nitrogen functional groups attached to an aromatic ring is 1. The second kappa shape index (κ2) is 13.0. The van der Waals surface area contributed by atoms with Crippen molar-refractivity contribution in [2.24, 2.45) is 10.2 Å². The first-order valence-corrected chi connectivity index (χ1v) is 9.14. The minimum Gasteiger partial charge on any atom is -0.506 e. The number of azo groups is 1. The molecule has 0 fully saturated rings. The average Bonchev–Trinajstić information content (AvgIpc) is 2.73. The smallest absolute Gasteiger partial charge is 0.412 e. The Morgan fingerprint density at radius 2 is 1.67 bits per heavy atom. The van der Waals surface area contributed by atoms with E-state index >= 15 is 0 Å². The molecule has 11 heteroatoms. The number of nitrogens with zero attached hydrogens (tertiary/aromatic N) is 3. The molecule has 0 atom stereocenters. The molecular formula is C19H25N5O6. The number of ether oxygens (including phenoxy) is 4. The summed E-state index contributed by atoms with van der Waals surface area (Å²) >= 11 is 0. The standard InChI is InChI=1S/C19H25N5O6/c1-27-8-9-28-10-11-29-12-13-30-19(26)22-17-7-6-15(18(20)21-17)24-23-14-4-2-3-5-16(14)25/h2-7,25H,8-13H2,1H3,(H3,20,21,22,26). The third-order valence-corrected chi connectivity index (χ3v) is 3.54. The number of phenolic OH excluding ortho intramolecular Hbond substituents is 1. The highest BCUT2D eigenvalue weighted by atomic mass is 16.6. The quantitative estimate of drug-likeness (QED) is 0.351. The Bertz CT molecular complexity index is 833. The fraction of sp³-hybridized carbons (Fsp3) is 0.368. The first-order chi connectivity index (χ1) is 14.6. The number of carbonyl (C=O) groups excluding carboxylic acids is 1. The molecule has 0 bridgehead atoms. The molecule has 1 aromatic heterocycles. The van der Waals surface area contributed by atoms with Gasteiger partial charge in [0.05, 0.1) is 33.0 Å². The van der Waals surface area contributed by atoms with Crippen LogP contribution in [0.2, 0.25) is 0 Å². The molecule has 2 rings (SSSR count). The van der Waals surface area contributed by atoms with Crippen LogP contribution in [0, 0.1) is 0 Å². The Hall–Kier alpha value is -3.28. The van der Waals surface area contributed by atoms with Crippen LogP contribution < -0.4 is 11.1 Å². The molecule has 0 saturated heterocycles. The molecule has 11 nitrogen and oxygen atoms in total. The van der Waals surface area contributed by atoms with Crippen molar-refractivity contribution in [3.63, 3.8) is 0 Å². The topological polar surface area (TPSA) is 150 Å². The number of aromatic nitrogens is 1. The molecule has 0 aliphatic carbocycles. The van der Waals surface area contributed by atoms with Gasteiger partial charge >= 0.3 is 6.09 Å². The van der Waals surface area contributed by atoms with E-state index < -0.39 is 6.09 Å². The molecule has 1 amide bonds. The zero-order valence-corrected chi connectivity index (χ0v) is 16.6. The largest absolute Gasteiger partial charge is 0.506 e. The third-order valence-electron chi connectivity index (χ3n) is 3.54. The van der Waals surface area contributed by atoms with Crippen molar-refractivity contribution < 1.29 is 28.8 Å². The number of phenols is 1. The lowest BCUT2D eigenvalue weighted by Gasteiger charge is -2.08. The first kappa shape index (κ1) is 23.0. The van der Waals surface area contributed by atoms with Crippen LogP contribution in [0.3, 0.4) is 0 Å². The van der Waals surface area contributed by atoms with Crippen molar-refractivity contribution in [2.75, 3.05) is 57.8 Å². The third kappa shape index (κ3) is 8.39. The number of aromatic hydroxyl groups is 1. The highest BCUT2D eigenvalue weighted by Gasteiger charge is 2.07. The zero-order chi connectivity index (χ0) is 21.6. The van der Waals surface area contributed by atoms with Crippen molar-refractivity contribution in [3.8, 4) is 5.75 Å². The molecule has 4 N–H and O–H groups in total. The first-order valence-electron chi connectivity index (χ1n) is 9.14. The van der Waals surface area contributed by atoms with Crippen LogP contribution in [0.25, 0.3) is 0 Å². The van der Waals surface area contributed by atoms with Gasteiger partial charge in [-0.2, -0.15) is 0 Å². The molecule has 0 unspecified atom stereocenters.